The number of rotatable bonds is 10. The van der Waals surface area contributed by atoms with Gasteiger partial charge in [0.25, 0.3) is 0 Å². The van der Waals surface area contributed by atoms with E-state index in [1.54, 1.807) is 12.1 Å². The molecular formula is C26H24FN3O3. The number of nitrogens with zero attached hydrogens (tertiary/aromatic N) is 2. The summed E-state index contributed by atoms with van der Waals surface area (Å²) in [5.74, 6) is 0.305. The number of nitrogens with one attached hydrogen (secondary N) is 1. The quantitative estimate of drug-likeness (QED) is 0.378. The number of aryl methyl sites for hydroxylation is 1. The lowest BCUT2D eigenvalue weighted by molar-refractivity contribution is -0.121. The second kappa shape index (κ2) is 11.2. The molecule has 1 amide bonds. The third-order valence-corrected chi connectivity index (χ3v) is 5.03. The molecule has 168 valence electrons. The summed E-state index contributed by atoms with van der Waals surface area (Å²) >= 11 is 0. The van der Waals surface area contributed by atoms with Gasteiger partial charge in [-0.2, -0.15) is 4.98 Å². The van der Waals surface area contributed by atoms with E-state index >= 15 is 0 Å². The summed E-state index contributed by atoms with van der Waals surface area (Å²) in [5.41, 5.74) is 3.88. The molecule has 0 unspecified atom stereocenters. The van der Waals surface area contributed by atoms with Gasteiger partial charge in [0.2, 0.25) is 17.6 Å². The Kier molecular flexibility index (Phi) is 7.56. The second-order valence-electron chi connectivity index (χ2n) is 7.59. The van der Waals surface area contributed by atoms with Crippen molar-refractivity contribution in [3.63, 3.8) is 0 Å². The van der Waals surface area contributed by atoms with Crippen molar-refractivity contribution in [2.45, 2.75) is 32.6 Å². The first-order valence-corrected chi connectivity index (χ1v) is 10.7. The zero-order valence-corrected chi connectivity index (χ0v) is 18.0. The van der Waals surface area contributed by atoms with E-state index in [1.165, 1.54) is 12.1 Å². The Hall–Kier alpha value is -3.84. The SMILES string of the molecule is O=C(CCc1nc(-c2ccc(F)cc2)no1)NCc1ccc(COCc2ccccc2)cc1. The molecule has 0 saturated carbocycles. The van der Waals surface area contributed by atoms with Crippen LogP contribution in [0.25, 0.3) is 11.4 Å². The zero-order chi connectivity index (χ0) is 22.9. The second-order valence-corrected chi connectivity index (χ2v) is 7.59. The molecular weight excluding hydrogens is 421 g/mol. The van der Waals surface area contributed by atoms with Crippen molar-refractivity contribution in [3.8, 4) is 11.4 Å². The van der Waals surface area contributed by atoms with E-state index in [2.05, 4.69) is 15.5 Å². The lowest BCUT2D eigenvalue weighted by Gasteiger charge is -2.07. The lowest BCUT2D eigenvalue weighted by atomic mass is 10.1. The molecule has 0 bridgehead atoms. The van der Waals surface area contributed by atoms with Gasteiger partial charge in [-0.15, -0.1) is 0 Å². The summed E-state index contributed by atoms with van der Waals surface area (Å²) in [6.45, 7) is 1.55. The summed E-state index contributed by atoms with van der Waals surface area (Å²) in [6, 6.07) is 23.8. The number of aromatic nitrogens is 2. The summed E-state index contributed by atoms with van der Waals surface area (Å²) < 4.78 is 24.0. The minimum atomic E-state index is -0.329. The number of hydrogen-bond acceptors (Lipinski definition) is 5. The van der Waals surface area contributed by atoms with Crippen LogP contribution in [-0.4, -0.2) is 16.0 Å². The maximum Gasteiger partial charge on any atom is 0.227 e. The molecule has 0 saturated heterocycles. The molecule has 0 radical (unpaired) electrons. The standard InChI is InChI=1S/C26H24FN3O3/c27-23-12-10-22(11-13-23)26-29-25(33-30-26)15-14-24(31)28-16-19-6-8-21(9-7-19)18-32-17-20-4-2-1-3-5-20/h1-13H,14-18H2,(H,28,31). The Morgan fingerprint density at radius 3 is 2.27 bits per heavy atom. The van der Waals surface area contributed by atoms with E-state index in [0.717, 1.165) is 16.7 Å². The van der Waals surface area contributed by atoms with Crippen LogP contribution >= 0.6 is 0 Å². The molecule has 33 heavy (non-hydrogen) atoms. The number of halogens is 1. The molecule has 1 heterocycles. The Morgan fingerprint density at radius 1 is 0.879 bits per heavy atom. The van der Waals surface area contributed by atoms with Crippen LogP contribution in [0.4, 0.5) is 4.39 Å². The van der Waals surface area contributed by atoms with Crippen molar-refractivity contribution < 1.29 is 18.4 Å². The molecule has 3 aromatic carbocycles. The minimum absolute atomic E-state index is 0.105. The first-order chi connectivity index (χ1) is 16.2. The van der Waals surface area contributed by atoms with Gasteiger partial charge in [0.05, 0.1) is 13.2 Å². The molecule has 0 aliphatic heterocycles. The van der Waals surface area contributed by atoms with Crippen LogP contribution in [0.1, 0.15) is 29.0 Å². The molecule has 1 N–H and O–H groups in total. The number of hydrogen-bond donors (Lipinski definition) is 1. The first-order valence-electron chi connectivity index (χ1n) is 10.7. The summed E-state index contributed by atoms with van der Waals surface area (Å²) in [6.07, 6.45) is 0.564. The Balaban J connectivity index is 1.17. The number of amides is 1. The van der Waals surface area contributed by atoms with Crippen molar-refractivity contribution in [1.29, 1.82) is 0 Å². The predicted octanol–water partition coefficient (Wildman–Crippen LogP) is 4.84. The van der Waals surface area contributed by atoms with E-state index in [0.29, 0.717) is 43.5 Å². The minimum Gasteiger partial charge on any atom is -0.372 e. The predicted molar refractivity (Wildman–Crippen MR) is 121 cm³/mol. The molecule has 1 aromatic heterocycles. The number of benzene rings is 3. The van der Waals surface area contributed by atoms with Gasteiger partial charge in [0, 0.05) is 24.9 Å². The molecule has 0 aliphatic carbocycles. The van der Waals surface area contributed by atoms with Gasteiger partial charge in [-0.3, -0.25) is 4.79 Å². The van der Waals surface area contributed by atoms with Crippen LogP contribution in [0.5, 0.6) is 0 Å². The Labute approximate surface area is 191 Å². The third kappa shape index (κ3) is 6.82. The zero-order valence-electron chi connectivity index (χ0n) is 18.0. The van der Waals surface area contributed by atoms with Crippen molar-refractivity contribution >= 4 is 5.91 Å². The fourth-order valence-electron chi connectivity index (χ4n) is 3.20. The van der Waals surface area contributed by atoms with Gasteiger partial charge in [-0.1, -0.05) is 59.8 Å². The number of ether oxygens (including phenoxy) is 1. The van der Waals surface area contributed by atoms with Crippen LogP contribution < -0.4 is 5.32 Å². The number of carbonyl (C=O) groups is 1. The Morgan fingerprint density at radius 2 is 1.55 bits per heavy atom. The highest BCUT2D eigenvalue weighted by atomic mass is 19.1. The summed E-state index contributed by atoms with van der Waals surface area (Å²) in [7, 11) is 0. The Bertz CT molecular complexity index is 1160. The van der Waals surface area contributed by atoms with E-state index in [9.17, 15) is 9.18 Å². The maximum absolute atomic E-state index is 13.0. The molecule has 0 aliphatic rings. The fraction of sp³-hybridized carbons (Fsp3) is 0.192. The highest BCUT2D eigenvalue weighted by Gasteiger charge is 2.11. The lowest BCUT2D eigenvalue weighted by Crippen LogP contribution is -2.23. The summed E-state index contributed by atoms with van der Waals surface area (Å²) in [4.78, 5) is 16.4. The molecule has 0 spiro atoms. The van der Waals surface area contributed by atoms with Crippen molar-refractivity contribution in [1.82, 2.24) is 15.5 Å². The number of carbonyl (C=O) groups excluding carboxylic acids is 1. The highest BCUT2D eigenvalue weighted by molar-refractivity contribution is 5.76. The molecule has 6 nitrogen and oxygen atoms in total. The van der Waals surface area contributed by atoms with Crippen molar-refractivity contribution in [2.75, 3.05) is 0 Å². The van der Waals surface area contributed by atoms with Crippen LogP contribution in [-0.2, 0) is 35.7 Å². The van der Waals surface area contributed by atoms with Gasteiger partial charge < -0.3 is 14.6 Å². The monoisotopic (exact) mass is 445 g/mol. The average Bonchev–Trinajstić information content (AvgIpc) is 3.32. The van der Waals surface area contributed by atoms with Gasteiger partial charge in [0.1, 0.15) is 5.82 Å². The van der Waals surface area contributed by atoms with E-state index < -0.39 is 0 Å². The molecule has 0 fully saturated rings. The van der Waals surface area contributed by atoms with Gasteiger partial charge >= 0.3 is 0 Å². The smallest absolute Gasteiger partial charge is 0.227 e. The first kappa shape index (κ1) is 22.4. The highest BCUT2D eigenvalue weighted by Crippen LogP contribution is 2.16. The molecule has 7 heteroatoms. The van der Waals surface area contributed by atoms with Crippen molar-refractivity contribution in [3.05, 3.63) is 107 Å². The van der Waals surface area contributed by atoms with Gasteiger partial charge in [0.15, 0.2) is 0 Å². The average molecular weight is 445 g/mol. The third-order valence-electron chi connectivity index (χ3n) is 5.03. The van der Waals surface area contributed by atoms with Gasteiger partial charge in [-0.05, 0) is 41.0 Å². The van der Waals surface area contributed by atoms with E-state index in [-0.39, 0.29) is 18.1 Å². The normalized spacial score (nSPS) is 10.8. The van der Waals surface area contributed by atoms with Crippen LogP contribution in [0, 0.1) is 5.82 Å². The molecule has 4 rings (SSSR count). The van der Waals surface area contributed by atoms with Crippen molar-refractivity contribution in [2.24, 2.45) is 0 Å². The molecule has 4 aromatic rings. The van der Waals surface area contributed by atoms with E-state index in [4.69, 9.17) is 9.26 Å². The molecule has 0 atom stereocenters. The van der Waals surface area contributed by atoms with Crippen LogP contribution in [0.2, 0.25) is 0 Å². The maximum atomic E-state index is 13.0. The summed E-state index contributed by atoms with van der Waals surface area (Å²) in [5, 5.41) is 6.78. The fourth-order valence-corrected chi connectivity index (χ4v) is 3.20. The van der Waals surface area contributed by atoms with Crippen LogP contribution in [0.15, 0.2) is 83.4 Å². The van der Waals surface area contributed by atoms with Crippen LogP contribution in [0.3, 0.4) is 0 Å². The van der Waals surface area contributed by atoms with E-state index in [1.807, 2.05) is 54.6 Å². The largest absolute Gasteiger partial charge is 0.372 e. The van der Waals surface area contributed by atoms with Gasteiger partial charge in [-0.25, -0.2) is 4.39 Å². The topological polar surface area (TPSA) is 77.2 Å².